The average Bonchev–Trinajstić information content (AvgIpc) is 2.55. The van der Waals surface area contributed by atoms with E-state index in [2.05, 4.69) is 11.1 Å². The van der Waals surface area contributed by atoms with Gasteiger partial charge in [0.1, 0.15) is 6.10 Å². The molecule has 0 saturated heterocycles. The Labute approximate surface area is 135 Å². The van der Waals surface area contributed by atoms with Crippen molar-refractivity contribution in [2.24, 2.45) is 5.92 Å². The number of methoxy groups -OCH3 is 2. The number of hydrogen-bond donors (Lipinski definition) is 2. The third kappa shape index (κ3) is 3.16. The predicted molar refractivity (Wildman–Crippen MR) is 87.7 cm³/mol. The van der Waals surface area contributed by atoms with Crippen molar-refractivity contribution in [1.82, 2.24) is 4.98 Å². The smallest absolute Gasteiger partial charge is 0.161 e. The summed E-state index contributed by atoms with van der Waals surface area (Å²) in [7, 11) is 3.13. The number of phenols is 1. The highest BCUT2D eigenvalue weighted by Gasteiger charge is 2.25. The van der Waals surface area contributed by atoms with Crippen LogP contribution >= 0.6 is 0 Å². The maximum Gasteiger partial charge on any atom is 0.161 e. The summed E-state index contributed by atoms with van der Waals surface area (Å²) in [5, 5.41) is 22.0. The fourth-order valence-corrected chi connectivity index (χ4v) is 3.13. The number of nitrogens with zero attached hydrogens (tertiary/aromatic N) is 1. The summed E-state index contributed by atoms with van der Waals surface area (Å²) in [6, 6.07) is 5.40. The van der Waals surface area contributed by atoms with Gasteiger partial charge in [0.15, 0.2) is 11.5 Å². The normalized spacial score (nSPS) is 24.0. The van der Waals surface area contributed by atoms with Gasteiger partial charge in [-0.15, -0.1) is 0 Å². The number of benzene rings is 1. The molecule has 5 nitrogen and oxygen atoms in total. The van der Waals surface area contributed by atoms with Crippen molar-refractivity contribution in [1.29, 1.82) is 0 Å². The number of fused-ring (bicyclic) bond motifs is 1. The first kappa shape index (κ1) is 15.8. The molecular weight excluding hydrogens is 294 g/mol. The zero-order chi connectivity index (χ0) is 16.4. The molecule has 1 aliphatic carbocycles. The van der Waals surface area contributed by atoms with Crippen molar-refractivity contribution in [3.63, 3.8) is 0 Å². The molecule has 3 atom stereocenters. The number of pyridine rings is 1. The van der Waals surface area contributed by atoms with Gasteiger partial charge in [0.05, 0.1) is 13.2 Å². The average molecular weight is 315 g/mol. The second-order valence-electron chi connectivity index (χ2n) is 5.86. The Kier molecular flexibility index (Phi) is 4.50. The second kappa shape index (κ2) is 6.56. The molecule has 3 rings (SSSR count). The van der Waals surface area contributed by atoms with E-state index in [1.165, 1.54) is 7.11 Å². The van der Waals surface area contributed by atoms with E-state index in [1.807, 2.05) is 18.2 Å². The summed E-state index contributed by atoms with van der Waals surface area (Å²) in [6.45, 7) is 0. The van der Waals surface area contributed by atoms with Gasteiger partial charge in [0.25, 0.3) is 0 Å². The minimum Gasteiger partial charge on any atom is -0.504 e. The highest BCUT2D eigenvalue weighted by Crippen LogP contribution is 2.33. The minimum atomic E-state index is -0.501. The third-order valence-corrected chi connectivity index (χ3v) is 4.37. The van der Waals surface area contributed by atoms with Gasteiger partial charge in [-0.2, -0.15) is 0 Å². The lowest BCUT2D eigenvalue weighted by Crippen LogP contribution is -2.32. The highest BCUT2D eigenvalue weighted by molar-refractivity contribution is 5.87. The lowest BCUT2D eigenvalue weighted by molar-refractivity contribution is 0.000818. The lowest BCUT2D eigenvalue weighted by atomic mass is 9.87. The van der Waals surface area contributed by atoms with Crippen molar-refractivity contribution in [3.05, 3.63) is 42.2 Å². The molecule has 0 saturated carbocycles. The van der Waals surface area contributed by atoms with Crippen molar-refractivity contribution in [2.75, 3.05) is 14.2 Å². The van der Waals surface area contributed by atoms with E-state index in [-0.39, 0.29) is 17.8 Å². The highest BCUT2D eigenvalue weighted by atomic mass is 16.5. The molecule has 2 aromatic rings. The first-order chi connectivity index (χ1) is 11.1. The molecule has 1 aromatic heterocycles. The van der Waals surface area contributed by atoms with Crippen LogP contribution in [0.4, 0.5) is 0 Å². The first-order valence-electron chi connectivity index (χ1n) is 7.66. The van der Waals surface area contributed by atoms with Gasteiger partial charge in [-0.1, -0.05) is 12.2 Å². The second-order valence-corrected chi connectivity index (χ2v) is 5.86. The van der Waals surface area contributed by atoms with Crippen LogP contribution in [0.25, 0.3) is 10.8 Å². The van der Waals surface area contributed by atoms with Gasteiger partial charge in [0.2, 0.25) is 0 Å². The van der Waals surface area contributed by atoms with Crippen LogP contribution in [-0.4, -0.2) is 41.6 Å². The molecule has 122 valence electrons. The van der Waals surface area contributed by atoms with Gasteiger partial charge in [-0.3, -0.25) is 4.98 Å². The van der Waals surface area contributed by atoms with Crippen LogP contribution in [0, 0.1) is 5.92 Å². The number of rotatable bonds is 4. The van der Waals surface area contributed by atoms with Crippen LogP contribution in [0.1, 0.15) is 12.1 Å². The molecule has 0 radical (unpaired) electrons. The van der Waals surface area contributed by atoms with Gasteiger partial charge in [-0.25, -0.2) is 0 Å². The molecule has 0 aliphatic heterocycles. The zero-order valence-electron chi connectivity index (χ0n) is 13.3. The first-order valence-corrected chi connectivity index (χ1v) is 7.66. The van der Waals surface area contributed by atoms with Crippen LogP contribution in [0.5, 0.6) is 11.5 Å². The number of aromatic nitrogens is 1. The number of phenolic OH excluding ortho intramolecular Hbond substituents is 1. The number of aliphatic hydroxyl groups excluding tert-OH is 1. The summed E-state index contributed by atoms with van der Waals surface area (Å²) < 4.78 is 10.4. The number of aromatic hydroxyl groups is 1. The van der Waals surface area contributed by atoms with Crippen LogP contribution < -0.4 is 4.74 Å². The van der Waals surface area contributed by atoms with Crippen LogP contribution in [-0.2, 0) is 11.2 Å². The molecule has 1 aliphatic rings. The third-order valence-electron chi connectivity index (χ3n) is 4.37. The maximum atomic E-state index is 10.1. The molecule has 1 aromatic carbocycles. The number of allylic oxidation sites excluding steroid dienone is 1. The van der Waals surface area contributed by atoms with Gasteiger partial charge < -0.3 is 19.7 Å². The van der Waals surface area contributed by atoms with E-state index < -0.39 is 6.10 Å². The van der Waals surface area contributed by atoms with Gasteiger partial charge in [0, 0.05) is 24.4 Å². The Morgan fingerprint density at radius 2 is 2.09 bits per heavy atom. The molecule has 1 heterocycles. The van der Waals surface area contributed by atoms with Crippen LogP contribution in [0.3, 0.4) is 0 Å². The van der Waals surface area contributed by atoms with Crippen molar-refractivity contribution >= 4 is 10.8 Å². The number of aliphatic hydroxyl groups is 1. The molecule has 5 heteroatoms. The lowest BCUT2D eigenvalue weighted by Gasteiger charge is -2.27. The largest absolute Gasteiger partial charge is 0.504 e. The quantitative estimate of drug-likeness (QED) is 0.848. The predicted octanol–water partition coefficient (Wildman–Crippen LogP) is 2.44. The van der Waals surface area contributed by atoms with Gasteiger partial charge in [-0.05, 0) is 42.3 Å². The van der Waals surface area contributed by atoms with E-state index in [0.29, 0.717) is 18.6 Å². The minimum absolute atomic E-state index is 0.105. The molecule has 2 N–H and O–H groups in total. The van der Waals surface area contributed by atoms with Crippen molar-refractivity contribution in [3.8, 4) is 11.5 Å². The van der Waals surface area contributed by atoms with Crippen LogP contribution in [0.2, 0.25) is 0 Å². The molecule has 23 heavy (non-hydrogen) atoms. The molecule has 0 amide bonds. The Morgan fingerprint density at radius 1 is 1.26 bits per heavy atom. The Balaban J connectivity index is 1.90. The van der Waals surface area contributed by atoms with E-state index in [4.69, 9.17) is 9.47 Å². The molecule has 0 bridgehead atoms. The van der Waals surface area contributed by atoms with Gasteiger partial charge >= 0.3 is 0 Å². The summed E-state index contributed by atoms with van der Waals surface area (Å²) in [5.41, 5.74) is 0.901. The number of hydrogen-bond acceptors (Lipinski definition) is 5. The van der Waals surface area contributed by atoms with E-state index in [9.17, 15) is 10.2 Å². The molecule has 0 spiro atoms. The monoisotopic (exact) mass is 315 g/mol. The SMILES string of the molecule is COc1cc2ccnc(CC3C=CC(OC)C(O)C3)c2cc1O. The fraction of sp³-hybridized carbons (Fsp3) is 0.389. The summed E-state index contributed by atoms with van der Waals surface area (Å²) in [4.78, 5) is 4.46. The summed E-state index contributed by atoms with van der Waals surface area (Å²) >= 11 is 0. The Hall–Kier alpha value is -2.11. The standard InChI is InChI=1S/C18H21NO4/c1-22-17-4-3-11(8-15(17)20)7-14-13-10-16(21)18(23-2)9-12(13)5-6-19-14/h3-6,9-11,15,17,20-21H,7-8H2,1-2H3. The molecular formula is C18H21NO4. The zero-order valence-corrected chi connectivity index (χ0v) is 13.3. The summed E-state index contributed by atoms with van der Waals surface area (Å²) in [6.07, 6.45) is 6.34. The topological polar surface area (TPSA) is 71.8 Å². The maximum absolute atomic E-state index is 10.1. The molecule has 0 fully saturated rings. The Bertz CT molecular complexity index is 728. The number of ether oxygens (including phenoxy) is 2. The fourth-order valence-electron chi connectivity index (χ4n) is 3.13. The van der Waals surface area contributed by atoms with E-state index in [1.54, 1.807) is 19.4 Å². The van der Waals surface area contributed by atoms with E-state index >= 15 is 0 Å². The van der Waals surface area contributed by atoms with Crippen molar-refractivity contribution in [2.45, 2.75) is 25.0 Å². The van der Waals surface area contributed by atoms with Crippen LogP contribution in [0.15, 0.2) is 36.5 Å². The summed E-state index contributed by atoms with van der Waals surface area (Å²) in [5.74, 6) is 0.747. The molecule has 3 unspecified atom stereocenters. The van der Waals surface area contributed by atoms with Crippen molar-refractivity contribution < 1.29 is 19.7 Å². The Morgan fingerprint density at radius 3 is 2.78 bits per heavy atom. The van der Waals surface area contributed by atoms with E-state index in [0.717, 1.165) is 16.5 Å².